The highest BCUT2D eigenvalue weighted by atomic mass is 16.5. The second-order valence-corrected chi connectivity index (χ2v) is 11.8. The fourth-order valence-corrected chi connectivity index (χ4v) is 4.95. The lowest BCUT2D eigenvalue weighted by Gasteiger charge is -2.15. The molecule has 0 saturated carbocycles. The van der Waals surface area contributed by atoms with Crippen molar-refractivity contribution in [2.75, 3.05) is 6.54 Å². The maximum Gasteiger partial charge on any atom is 0.322 e. The quantitative estimate of drug-likeness (QED) is 0.0475. The zero-order chi connectivity index (χ0) is 30.9. The molecule has 1 atom stereocenters. The normalized spacial score (nSPS) is 12.2. The first kappa shape index (κ1) is 39.9. The number of esters is 1. The van der Waals surface area contributed by atoms with E-state index in [4.69, 9.17) is 9.84 Å². The largest absolute Gasteiger partial charge is 0.480 e. The number of hydrogen-bond donors (Lipinski definition) is 2. The Hall–Kier alpha value is -2.11. The number of hydrogen-bond acceptors (Lipinski definition) is 4. The van der Waals surface area contributed by atoms with Gasteiger partial charge in [0.05, 0.1) is 0 Å². The molecule has 2 N–H and O–H groups in total. The zero-order valence-electron chi connectivity index (χ0n) is 27.4. The maximum absolute atomic E-state index is 12.5. The van der Waals surface area contributed by atoms with Gasteiger partial charge in [-0.25, -0.2) is 0 Å². The number of carboxylic acids is 1. The first-order valence-corrected chi connectivity index (χ1v) is 17.5. The molecule has 6 nitrogen and oxygen atoms in total. The van der Waals surface area contributed by atoms with E-state index < -0.39 is 5.97 Å². The topological polar surface area (TPSA) is 92.7 Å². The minimum atomic E-state index is -1.03. The van der Waals surface area contributed by atoms with E-state index in [1.807, 2.05) is 0 Å². The number of amides is 1. The van der Waals surface area contributed by atoms with Crippen LogP contribution in [0.25, 0.3) is 0 Å². The van der Waals surface area contributed by atoms with Crippen molar-refractivity contribution in [1.29, 1.82) is 0 Å². The lowest BCUT2D eigenvalue weighted by atomic mass is 10.1. The number of carbonyl (C=O) groups is 3. The van der Waals surface area contributed by atoms with Gasteiger partial charge in [-0.15, -0.1) is 0 Å². The first-order valence-electron chi connectivity index (χ1n) is 17.5. The maximum atomic E-state index is 12.5. The summed E-state index contributed by atoms with van der Waals surface area (Å²) >= 11 is 0. The molecule has 0 spiro atoms. The molecule has 0 aliphatic carbocycles. The van der Waals surface area contributed by atoms with Crippen LogP contribution in [0.5, 0.6) is 0 Å². The highest BCUT2D eigenvalue weighted by molar-refractivity contribution is 5.80. The van der Waals surface area contributed by atoms with E-state index in [0.717, 1.165) is 57.8 Å². The third-order valence-electron chi connectivity index (χ3n) is 7.58. The Morgan fingerprint density at radius 3 is 1.71 bits per heavy atom. The predicted molar refractivity (Wildman–Crippen MR) is 176 cm³/mol. The molecule has 42 heavy (non-hydrogen) atoms. The average Bonchev–Trinajstić information content (AvgIpc) is 2.97. The summed E-state index contributed by atoms with van der Waals surface area (Å²) in [5, 5.41) is 11.0. The summed E-state index contributed by atoms with van der Waals surface area (Å²) < 4.78 is 5.83. The molecular formula is C36H65NO5. The Bertz CT molecular complexity index is 703. The third-order valence-corrected chi connectivity index (χ3v) is 7.58. The van der Waals surface area contributed by atoms with Crippen LogP contribution in [0.15, 0.2) is 24.3 Å². The number of ether oxygens (including phenoxy) is 1. The summed E-state index contributed by atoms with van der Waals surface area (Å²) in [4.78, 5) is 34.6. The number of carboxylic acid groups (broad SMARTS) is 1. The highest BCUT2D eigenvalue weighted by Gasteiger charge is 2.12. The third kappa shape index (κ3) is 30.8. The van der Waals surface area contributed by atoms with Gasteiger partial charge < -0.3 is 15.2 Å². The van der Waals surface area contributed by atoms with Crippen molar-refractivity contribution in [3.63, 3.8) is 0 Å². The standard InChI is InChI=1S/C36H65NO5/c1-3-5-7-9-10-11-12-13-14-15-16-17-18-19-21-27-31-36(41)42-33(28-24-20-8-6-4-2)29-25-22-23-26-30-34(38)37-32-35(39)40/h14-15,24,28,33H,3-13,16-23,25-27,29-32H2,1-2H3,(H,37,38)(H,39,40)/b15-14-,28-24-. The highest BCUT2D eigenvalue weighted by Crippen LogP contribution is 2.15. The van der Waals surface area contributed by atoms with Crippen molar-refractivity contribution in [2.45, 2.75) is 180 Å². The van der Waals surface area contributed by atoms with E-state index in [0.29, 0.717) is 12.8 Å². The van der Waals surface area contributed by atoms with Crippen LogP contribution in [0.2, 0.25) is 0 Å². The Morgan fingerprint density at radius 2 is 1.10 bits per heavy atom. The number of aliphatic carboxylic acids is 1. The molecule has 0 aromatic carbocycles. The van der Waals surface area contributed by atoms with Crippen LogP contribution in [0, 0.1) is 0 Å². The molecular weight excluding hydrogens is 526 g/mol. The second-order valence-electron chi connectivity index (χ2n) is 11.8. The minimum Gasteiger partial charge on any atom is -0.480 e. The van der Waals surface area contributed by atoms with E-state index >= 15 is 0 Å². The van der Waals surface area contributed by atoms with Crippen LogP contribution < -0.4 is 5.32 Å². The molecule has 0 fully saturated rings. The second kappa shape index (κ2) is 31.8. The van der Waals surface area contributed by atoms with Gasteiger partial charge in [-0.1, -0.05) is 116 Å². The van der Waals surface area contributed by atoms with Crippen LogP contribution in [0.4, 0.5) is 0 Å². The molecule has 0 heterocycles. The Morgan fingerprint density at radius 1 is 0.619 bits per heavy atom. The Labute approximate surface area is 258 Å². The summed E-state index contributed by atoms with van der Waals surface area (Å²) in [6, 6.07) is 0. The first-order chi connectivity index (χ1) is 20.5. The monoisotopic (exact) mass is 591 g/mol. The van der Waals surface area contributed by atoms with Gasteiger partial charge in [0.1, 0.15) is 12.6 Å². The lowest BCUT2D eigenvalue weighted by molar-refractivity contribution is -0.147. The number of unbranched alkanes of at least 4 members (excludes halogenated alkanes) is 18. The molecule has 0 aromatic rings. The average molecular weight is 592 g/mol. The molecule has 0 rings (SSSR count). The van der Waals surface area contributed by atoms with E-state index in [1.165, 1.54) is 89.9 Å². The summed E-state index contributed by atoms with van der Waals surface area (Å²) in [7, 11) is 0. The summed E-state index contributed by atoms with van der Waals surface area (Å²) in [6.07, 6.45) is 36.1. The lowest BCUT2D eigenvalue weighted by Crippen LogP contribution is -2.28. The number of allylic oxidation sites excluding steroid dienone is 3. The number of nitrogens with one attached hydrogen (secondary N) is 1. The molecule has 0 radical (unpaired) electrons. The van der Waals surface area contributed by atoms with Crippen molar-refractivity contribution in [1.82, 2.24) is 5.32 Å². The van der Waals surface area contributed by atoms with Gasteiger partial charge in [-0.3, -0.25) is 14.4 Å². The van der Waals surface area contributed by atoms with E-state index in [1.54, 1.807) is 0 Å². The fraction of sp³-hybridized carbons (Fsp3) is 0.806. The van der Waals surface area contributed by atoms with Crippen LogP contribution in [0.3, 0.4) is 0 Å². The molecule has 1 unspecified atom stereocenters. The zero-order valence-corrected chi connectivity index (χ0v) is 27.4. The van der Waals surface area contributed by atoms with Gasteiger partial charge in [-0.05, 0) is 70.3 Å². The molecule has 244 valence electrons. The number of carbonyl (C=O) groups excluding carboxylic acids is 2. The van der Waals surface area contributed by atoms with Crippen molar-refractivity contribution >= 4 is 17.8 Å². The van der Waals surface area contributed by atoms with Crippen molar-refractivity contribution in [2.24, 2.45) is 0 Å². The van der Waals surface area contributed by atoms with Gasteiger partial charge in [-0.2, -0.15) is 0 Å². The van der Waals surface area contributed by atoms with Crippen LogP contribution in [-0.4, -0.2) is 35.6 Å². The van der Waals surface area contributed by atoms with Gasteiger partial charge >= 0.3 is 11.9 Å². The van der Waals surface area contributed by atoms with Gasteiger partial charge in [0.15, 0.2) is 0 Å². The summed E-state index contributed by atoms with van der Waals surface area (Å²) in [5.41, 5.74) is 0. The van der Waals surface area contributed by atoms with Gasteiger partial charge in [0.2, 0.25) is 5.91 Å². The van der Waals surface area contributed by atoms with Crippen molar-refractivity contribution < 1.29 is 24.2 Å². The van der Waals surface area contributed by atoms with Gasteiger partial charge in [0, 0.05) is 12.8 Å². The fourth-order valence-electron chi connectivity index (χ4n) is 4.95. The SMILES string of the molecule is CCCCC/C=C\C(CCCCCCC(=O)NCC(=O)O)OC(=O)CCCCCCC/C=C\CCCCCCCCC. The molecule has 0 aliphatic rings. The molecule has 0 aromatic heterocycles. The van der Waals surface area contributed by atoms with Crippen LogP contribution in [-0.2, 0) is 19.1 Å². The minimum absolute atomic E-state index is 0.0957. The molecule has 0 bridgehead atoms. The van der Waals surface area contributed by atoms with E-state index in [-0.39, 0.29) is 24.5 Å². The van der Waals surface area contributed by atoms with Crippen LogP contribution >= 0.6 is 0 Å². The predicted octanol–water partition coefficient (Wildman–Crippen LogP) is 10.0. The molecule has 0 aliphatic heterocycles. The Kier molecular flexibility index (Phi) is 30.2. The summed E-state index contributed by atoms with van der Waals surface area (Å²) in [6.45, 7) is 4.14. The number of rotatable bonds is 31. The van der Waals surface area contributed by atoms with Gasteiger partial charge in [0.25, 0.3) is 0 Å². The van der Waals surface area contributed by atoms with E-state index in [2.05, 4.69) is 43.5 Å². The molecule has 1 amide bonds. The Balaban J connectivity index is 3.99. The van der Waals surface area contributed by atoms with E-state index in [9.17, 15) is 14.4 Å². The van der Waals surface area contributed by atoms with Crippen molar-refractivity contribution in [3.05, 3.63) is 24.3 Å². The summed E-state index contributed by atoms with van der Waals surface area (Å²) in [5.74, 6) is -1.34. The molecule has 0 saturated heterocycles. The smallest absolute Gasteiger partial charge is 0.322 e. The van der Waals surface area contributed by atoms with Crippen molar-refractivity contribution in [3.8, 4) is 0 Å². The molecule has 6 heteroatoms. The van der Waals surface area contributed by atoms with Crippen LogP contribution in [0.1, 0.15) is 174 Å².